The topological polar surface area (TPSA) is 37.3 Å². The van der Waals surface area contributed by atoms with Crippen LogP contribution < -0.4 is 0 Å². The molecule has 0 radical (unpaired) electrons. The molecule has 98 valence electrons. The maximum atomic E-state index is 14.0. The molecule has 0 aliphatic heterocycles. The summed E-state index contributed by atoms with van der Waals surface area (Å²) in [6.45, 7) is 0. The van der Waals surface area contributed by atoms with Crippen LogP contribution in [0.1, 0.15) is 34.4 Å². The number of carbonyl (C=O) groups is 1. The lowest BCUT2D eigenvalue weighted by Gasteiger charge is -2.20. The maximum Gasteiger partial charge on any atom is 0.318 e. The van der Waals surface area contributed by atoms with E-state index in [2.05, 4.69) is 31.9 Å². The Kier molecular flexibility index (Phi) is 4.43. The van der Waals surface area contributed by atoms with Crippen LogP contribution in [-0.2, 0) is 17.6 Å². The van der Waals surface area contributed by atoms with Crippen molar-refractivity contribution in [1.29, 1.82) is 0 Å². The van der Waals surface area contributed by atoms with Gasteiger partial charge in [-0.05, 0) is 48.4 Å². The molecule has 18 heavy (non-hydrogen) atoms. The summed E-state index contributed by atoms with van der Waals surface area (Å²) in [5, 5.41) is 8.95. The van der Waals surface area contributed by atoms with Crippen LogP contribution in [0.2, 0.25) is 0 Å². The van der Waals surface area contributed by atoms with Crippen molar-refractivity contribution in [2.24, 2.45) is 0 Å². The fourth-order valence-corrected chi connectivity index (χ4v) is 3.09. The van der Waals surface area contributed by atoms with Crippen LogP contribution in [0.15, 0.2) is 12.1 Å². The van der Waals surface area contributed by atoms with Crippen LogP contribution in [-0.4, -0.2) is 15.9 Å². The Morgan fingerprint density at radius 3 is 2.61 bits per heavy atom. The van der Waals surface area contributed by atoms with E-state index in [9.17, 15) is 9.18 Å². The summed E-state index contributed by atoms with van der Waals surface area (Å²) in [5.74, 6) is -1.17. The summed E-state index contributed by atoms with van der Waals surface area (Å²) in [7, 11) is 0. The van der Waals surface area contributed by atoms with Gasteiger partial charge in [-0.3, -0.25) is 4.79 Å². The Morgan fingerprint density at radius 2 is 1.94 bits per heavy atom. The summed E-state index contributed by atoms with van der Waals surface area (Å²) in [6.07, 6.45) is 3.75. The number of carboxylic acid groups (broad SMARTS) is 1. The van der Waals surface area contributed by atoms with Gasteiger partial charge in [-0.25, -0.2) is 4.39 Å². The highest BCUT2D eigenvalue weighted by atomic mass is 79.9. The molecule has 0 aromatic heterocycles. The summed E-state index contributed by atoms with van der Waals surface area (Å²) >= 11 is 6.42. The molecule has 2 atom stereocenters. The van der Waals surface area contributed by atoms with E-state index < -0.39 is 15.6 Å². The third-order valence-corrected chi connectivity index (χ3v) is 5.93. The Morgan fingerprint density at radius 1 is 1.28 bits per heavy atom. The molecule has 1 aromatic rings. The van der Waals surface area contributed by atoms with Crippen LogP contribution in [0, 0.1) is 5.82 Å². The molecule has 1 aromatic carbocycles. The molecule has 0 saturated heterocycles. The molecule has 5 heteroatoms. The molecule has 0 heterocycles. The van der Waals surface area contributed by atoms with E-state index in [1.54, 1.807) is 0 Å². The smallest absolute Gasteiger partial charge is 0.318 e. The average molecular weight is 380 g/mol. The van der Waals surface area contributed by atoms with Gasteiger partial charge in [0.25, 0.3) is 0 Å². The first-order chi connectivity index (χ1) is 8.50. The number of benzene rings is 1. The molecule has 1 aliphatic carbocycles. The summed E-state index contributed by atoms with van der Waals surface area (Å²) in [6, 6.07) is 3.37. The number of rotatable bonds is 3. The minimum absolute atomic E-state index is 0.211. The molecular formula is C13H13Br2FO2. The molecule has 0 amide bonds. The second-order valence-corrected chi connectivity index (χ2v) is 6.46. The predicted octanol–water partition coefficient (Wildman–Crippen LogP) is 3.99. The van der Waals surface area contributed by atoms with Gasteiger partial charge in [0.15, 0.2) is 0 Å². The molecule has 0 spiro atoms. The standard InChI is InChI=1S/C13H13Br2FO2/c14-11(12(15)13(17)18)8-5-7-3-1-2-4-9(7)10(16)6-8/h5-6,11-12H,1-4H2,(H,17,18). The highest BCUT2D eigenvalue weighted by Gasteiger charge is 2.26. The molecule has 2 rings (SSSR count). The largest absolute Gasteiger partial charge is 0.480 e. The quantitative estimate of drug-likeness (QED) is 0.806. The first-order valence-corrected chi connectivity index (χ1v) is 7.66. The van der Waals surface area contributed by atoms with Crippen LogP contribution in [0.4, 0.5) is 4.39 Å². The van der Waals surface area contributed by atoms with Crippen LogP contribution >= 0.6 is 31.9 Å². The average Bonchev–Trinajstić information content (AvgIpc) is 2.36. The predicted molar refractivity (Wildman–Crippen MR) is 75.1 cm³/mol. The van der Waals surface area contributed by atoms with Crippen molar-refractivity contribution in [2.45, 2.75) is 35.3 Å². The molecule has 2 unspecified atom stereocenters. The minimum atomic E-state index is -0.963. The monoisotopic (exact) mass is 378 g/mol. The van der Waals surface area contributed by atoms with Gasteiger partial charge >= 0.3 is 5.97 Å². The van der Waals surface area contributed by atoms with Gasteiger partial charge in [-0.2, -0.15) is 0 Å². The zero-order chi connectivity index (χ0) is 13.3. The number of hydrogen-bond donors (Lipinski definition) is 1. The number of fused-ring (bicyclic) bond motifs is 1. The maximum absolute atomic E-state index is 14.0. The summed E-state index contributed by atoms with van der Waals surface area (Å²) in [5.41, 5.74) is 2.49. The van der Waals surface area contributed by atoms with E-state index in [-0.39, 0.29) is 5.82 Å². The van der Waals surface area contributed by atoms with Crippen molar-refractivity contribution < 1.29 is 14.3 Å². The number of hydrogen-bond acceptors (Lipinski definition) is 1. The lowest BCUT2D eigenvalue weighted by atomic mass is 9.89. The fraction of sp³-hybridized carbons (Fsp3) is 0.462. The number of alkyl halides is 2. The molecule has 0 fully saturated rings. The number of aryl methyl sites for hydroxylation is 1. The van der Waals surface area contributed by atoms with E-state index in [0.29, 0.717) is 5.56 Å². The van der Waals surface area contributed by atoms with E-state index in [4.69, 9.17) is 5.11 Å². The Bertz CT molecular complexity index is 476. The van der Waals surface area contributed by atoms with Gasteiger partial charge in [0.05, 0.1) is 4.83 Å². The van der Waals surface area contributed by atoms with Gasteiger partial charge in [0, 0.05) is 0 Å². The van der Waals surface area contributed by atoms with E-state index in [0.717, 1.165) is 36.8 Å². The van der Waals surface area contributed by atoms with Gasteiger partial charge in [0.1, 0.15) is 10.6 Å². The van der Waals surface area contributed by atoms with Gasteiger partial charge in [0.2, 0.25) is 0 Å². The second-order valence-electron chi connectivity index (χ2n) is 4.49. The number of carboxylic acids is 1. The van der Waals surface area contributed by atoms with Crippen LogP contribution in [0.25, 0.3) is 0 Å². The third-order valence-electron chi connectivity index (χ3n) is 3.24. The minimum Gasteiger partial charge on any atom is -0.480 e. The Labute approximate surface area is 122 Å². The highest BCUT2D eigenvalue weighted by Crippen LogP contribution is 2.35. The first-order valence-electron chi connectivity index (χ1n) is 5.83. The van der Waals surface area contributed by atoms with E-state index in [1.807, 2.05) is 6.07 Å². The number of halogens is 3. The second kappa shape index (κ2) is 5.70. The van der Waals surface area contributed by atoms with Crippen LogP contribution in [0.5, 0.6) is 0 Å². The van der Waals surface area contributed by atoms with Crippen molar-refractivity contribution in [3.63, 3.8) is 0 Å². The zero-order valence-corrected chi connectivity index (χ0v) is 12.8. The van der Waals surface area contributed by atoms with Gasteiger partial charge < -0.3 is 5.11 Å². The number of aliphatic carboxylic acids is 1. The van der Waals surface area contributed by atoms with Gasteiger partial charge in [-0.1, -0.05) is 37.9 Å². The van der Waals surface area contributed by atoms with E-state index in [1.165, 1.54) is 6.07 Å². The van der Waals surface area contributed by atoms with Crippen molar-refractivity contribution in [1.82, 2.24) is 0 Å². The van der Waals surface area contributed by atoms with Crippen molar-refractivity contribution in [3.8, 4) is 0 Å². The van der Waals surface area contributed by atoms with Crippen molar-refractivity contribution in [2.75, 3.05) is 0 Å². The third kappa shape index (κ3) is 2.77. The van der Waals surface area contributed by atoms with Crippen LogP contribution in [0.3, 0.4) is 0 Å². The molecule has 1 N–H and O–H groups in total. The normalized spacial score (nSPS) is 17.9. The molecule has 0 bridgehead atoms. The molecule has 2 nitrogen and oxygen atoms in total. The van der Waals surface area contributed by atoms with E-state index >= 15 is 0 Å². The fourth-order valence-electron chi connectivity index (χ4n) is 2.29. The Hall–Kier alpha value is -0.420. The summed E-state index contributed by atoms with van der Waals surface area (Å²) < 4.78 is 14.0. The lowest BCUT2D eigenvalue weighted by Crippen LogP contribution is -2.19. The zero-order valence-electron chi connectivity index (χ0n) is 9.63. The lowest BCUT2D eigenvalue weighted by molar-refractivity contribution is -0.136. The Balaban J connectivity index is 2.35. The SMILES string of the molecule is O=C(O)C(Br)C(Br)c1cc(F)c2c(c1)CCCC2. The van der Waals surface area contributed by atoms with Gasteiger partial charge in [-0.15, -0.1) is 0 Å². The molecule has 0 saturated carbocycles. The van der Waals surface area contributed by atoms with Crippen molar-refractivity contribution in [3.05, 3.63) is 34.6 Å². The molecular weight excluding hydrogens is 367 g/mol. The molecule has 1 aliphatic rings. The summed E-state index contributed by atoms with van der Waals surface area (Å²) in [4.78, 5) is 9.72. The highest BCUT2D eigenvalue weighted by molar-refractivity contribution is 9.12. The van der Waals surface area contributed by atoms with Crippen molar-refractivity contribution >= 4 is 37.8 Å². The first kappa shape index (κ1) is 14.0.